The molecule has 1 aromatic heterocycles. The molecule has 3 aliphatic rings. The summed E-state index contributed by atoms with van der Waals surface area (Å²) < 4.78 is 11.3. The monoisotopic (exact) mass is 281 g/mol. The van der Waals surface area contributed by atoms with Crippen molar-refractivity contribution in [3.8, 4) is 0 Å². The molecule has 0 bridgehead atoms. The molecule has 3 heterocycles. The van der Waals surface area contributed by atoms with Gasteiger partial charge in [-0.3, -0.25) is 5.21 Å². The lowest BCUT2D eigenvalue weighted by Gasteiger charge is -2.28. The van der Waals surface area contributed by atoms with Crippen LogP contribution < -0.4 is 0 Å². The van der Waals surface area contributed by atoms with Crippen molar-refractivity contribution >= 4 is 5.71 Å². The van der Waals surface area contributed by atoms with E-state index in [1.165, 1.54) is 4.74 Å². The number of hydroxylamine groups is 1. The molecule has 1 saturated heterocycles. The van der Waals surface area contributed by atoms with Crippen molar-refractivity contribution in [2.24, 2.45) is 0 Å². The average molecular weight is 281 g/mol. The minimum atomic E-state index is -1.26. The molecule has 0 amide bonds. The fourth-order valence-corrected chi connectivity index (χ4v) is 3.47. The molecule has 8 heteroatoms. The maximum atomic E-state index is 11.0. The molecule has 20 heavy (non-hydrogen) atoms. The third-order valence-corrected chi connectivity index (χ3v) is 4.53. The van der Waals surface area contributed by atoms with Crippen LogP contribution in [0.1, 0.15) is 24.2 Å². The average Bonchev–Trinajstić information content (AvgIpc) is 3.04. The van der Waals surface area contributed by atoms with Gasteiger partial charge in [0.2, 0.25) is 11.3 Å². The fraction of sp³-hybridized carbons (Fsp3) is 0.750. The van der Waals surface area contributed by atoms with Gasteiger partial charge in [0.25, 0.3) is 6.17 Å². The van der Waals surface area contributed by atoms with Gasteiger partial charge in [0.1, 0.15) is 5.69 Å². The molecule has 2 N–H and O–H groups in total. The maximum Gasteiger partial charge on any atom is 0.261 e. The van der Waals surface area contributed by atoms with Crippen molar-refractivity contribution in [3.05, 3.63) is 11.4 Å². The van der Waals surface area contributed by atoms with Gasteiger partial charge in [-0.2, -0.15) is 0 Å². The van der Waals surface area contributed by atoms with Gasteiger partial charge in [-0.05, 0) is 4.74 Å². The Morgan fingerprint density at radius 2 is 2.05 bits per heavy atom. The molecule has 1 aromatic rings. The molecule has 1 fully saturated rings. The number of hydrogen-bond acceptors (Lipinski definition) is 7. The molecule has 0 aromatic carbocycles. The van der Waals surface area contributed by atoms with Crippen molar-refractivity contribution in [1.29, 1.82) is 0 Å². The van der Waals surface area contributed by atoms with Crippen molar-refractivity contribution < 1.29 is 24.4 Å². The van der Waals surface area contributed by atoms with Crippen LogP contribution in [0.25, 0.3) is 0 Å². The summed E-state index contributed by atoms with van der Waals surface area (Å²) in [6.45, 7) is 2.79. The summed E-state index contributed by atoms with van der Waals surface area (Å²) >= 11 is 0. The predicted molar refractivity (Wildman–Crippen MR) is 64.4 cm³/mol. The zero-order valence-electron chi connectivity index (χ0n) is 11.0. The lowest BCUT2D eigenvalue weighted by Crippen LogP contribution is -2.47. The second-order valence-electron chi connectivity index (χ2n) is 5.54. The number of aromatic nitrogens is 2. The highest BCUT2D eigenvalue weighted by molar-refractivity contribution is 5.91. The molecule has 108 valence electrons. The van der Waals surface area contributed by atoms with E-state index in [4.69, 9.17) is 9.37 Å². The highest BCUT2D eigenvalue weighted by Gasteiger charge is 2.60. The number of fused-ring (bicyclic) bond motifs is 3. The van der Waals surface area contributed by atoms with Gasteiger partial charge in [0.15, 0.2) is 5.69 Å². The SMILES string of the molecule is O[N+]1=C2CCc3nonc3C2(O)CC1N1CCOCC1. The van der Waals surface area contributed by atoms with Crippen LogP contribution in [0.2, 0.25) is 0 Å². The summed E-state index contributed by atoms with van der Waals surface area (Å²) in [4.78, 5) is 2.12. The lowest BCUT2D eigenvalue weighted by atomic mass is 9.82. The first kappa shape index (κ1) is 12.2. The number of hydrogen-bond donors (Lipinski definition) is 2. The molecule has 0 saturated carbocycles. The predicted octanol–water partition coefficient (Wildman–Crippen LogP) is -0.892. The molecule has 2 aliphatic heterocycles. The molecule has 0 radical (unpaired) electrons. The van der Waals surface area contributed by atoms with E-state index < -0.39 is 5.60 Å². The molecule has 1 aliphatic carbocycles. The number of aliphatic hydroxyl groups is 1. The van der Waals surface area contributed by atoms with Gasteiger partial charge in [-0.15, -0.1) is 0 Å². The smallest absolute Gasteiger partial charge is 0.261 e. The van der Waals surface area contributed by atoms with Crippen molar-refractivity contribution in [2.45, 2.75) is 31.0 Å². The molecule has 8 nitrogen and oxygen atoms in total. The standard InChI is InChI=1S/C12H17N4O4/c17-12-7-10(15-3-5-19-6-4-15)16(18)9(12)2-1-8-11(12)14-20-13-8/h10,17-18H,1-7H2/q+1. The van der Waals surface area contributed by atoms with Crippen LogP contribution in [-0.4, -0.2) is 68.4 Å². The number of morpholine rings is 1. The molecule has 2 unspecified atom stereocenters. The van der Waals surface area contributed by atoms with Gasteiger partial charge in [0.05, 0.1) is 19.6 Å². The van der Waals surface area contributed by atoms with E-state index in [0.717, 1.165) is 13.1 Å². The molecule has 4 rings (SSSR count). The minimum absolute atomic E-state index is 0.249. The minimum Gasteiger partial charge on any atom is -0.379 e. The first-order valence-corrected chi connectivity index (χ1v) is 6.90. The number of nitrogens with zero attached hydrogens (tertiary/aromatic N) is 4. The fourth-order valence-electron chi connectivity index (χ4n) is 3.47. The zero-order valence-corrected chi connectivity index (χ0v) is 11.0. The van der Waals surface area contributed by atoms with Gasteiger partial charge in [-0.25, -0.2) is 9.53 Å². The van der Waals surface area contributed by atoms with Gasteiger partial charge in [0, 0.05) is 25.9 Å². The van der Waals surface area contributed by atoms with E-state index >= 15 is 0 Å². The summed E-state index contributed by atoms with van der Waals surface area (Å²) in [5.74, 6) is 0. The summed E-state index contributed by atoms with van der Waals surface area (Å²) in [7, 11) is 0. The van der Waals surface area contributed by atoms with E-state index in [9.17, 15) is 10.3 Å². The topological polar surface area (TPSA) is 94.9 Å². The van der Waals surface area contributed by atoms with Crippen LogP contribution in [0.5, 0.6) is 0 Å². The molecule has 2 atom stereocenters. The first-order valence-electron chi connectivity index (χ1n) is 6.90. The number of ether oxygens (including phenoxy) is 1. The van der Waals surface area contributed by atoms with Crippen LogP contribution in [0.4, 0.5) is 0 Å². The van der Waals surface area contributed by atoms with Crippen molar-refractivity contribution in [3.63, 3.8) is 0 Å². The zero-order chi connectivity index (χ0) is 13.7. The third-order valence-electron chi connectivity index (χ3n) is 4.53. The van der Waals surface area contributed by atoms with Gasteiger partial charge < -0.3 is 9.84 Å². The van der Waals surface area contributed by atoms with Crippen molar-refractivity contribution in [2.75, 3.05) is 26.3 Å². The van der Waals surface area contributed by atoms with Gasteiger partial charge in [-0.1, -0.05) is 10.3 Å². The third kappa shape index (κ3) is 1.55. The summed E-state index contributed by atoms with van der Waals surface area (Å²) in [5, 5.41) is 29.1. The largest absolute Gasteiger partial charge is 0.379 e. The first-order chi connectivity index (χ1) is 9.70. The highest BCUT2D eigenvalue weighted by Crippen LogP contribution is 2.40. The Balaban J connectivity index is 1.71. The Bertz CT molecular complexity index is 566. The highest BCUT2D eigenvalue weighted by atomic mass is 16.6. The van der Waals surface area contributed by atoms with Crippen LogP contribution in [-0.2, 0) is 16.8 Å². The van der Waals surface area contributed by atoms with Crippen LogP contribution >= 0.6 is 0 Å². The van der Waals surface area contributed by atoms with Crippen LogP contribution in [0.15, 0.2) is 4.63 Å². The van der Waals surface area contributed by atoms with Crippen LogP contribution in [0.3, 0.4) is 0 Å². The molecular formula is C12H17N4O4+. The van der Waals surface area contributed by atoms with E-state index in [-0.39, 0.29) is 6.17 Å². The van der Waals surface area contributed by atoms with Gasteiger partial charge >= 0.3 is 0 Å². The van der Waals surface area contributed by atoms with E-state index in [1.807, 2.05) is 0 Å². The Morgan fingerprint density at radius 3 is 2.85 bits per heavy atom. The Morgan fingerprint density at radius 1 is 1.25 bits per heavy atom. The normalized spacial score (nSPS) is 34.1. The number of aryl methyl sites for hydroxylation is 1. The Labute approximate surface area is 115 Å². The Kier molecular flexibility index (Phi) is 2.60. The summed E-state index contributed by atoms with van der Waals surface area (Å²) in [6, 6.07) is 0. The summed E-state index contributed by atoms with van der Waals surface area (Å²) in [5.41, 5.74) is 0.476. The number of rotatable bonds is 1. The second kappa shape index (κ2) is 4.24. The second-order valence-corrected chi connectivity index (χ2v) is 5.54. The summed E-state index contributed by atoms with van der Waals surface area (Å²) in [6.07, 6.45) is 1.32. The van der Waals surface area contributed by atoms with Crippen LogP contribution in [0, 0.1) is 0 Å². The maximum absolute atomic E-state index is 11.0. The Hall–Kier alpha value is -1.51. The quantitative estimate of drug-likeness (QED) is 0.509. The van der Waals surface area contributed by atoms with E-state index in [0.29, 0.717) is 49.6 Å². The van der Waals surface area contributed by atoms with Crippen molar-refractivity contribution in [1.82, 2.24) is 15.2 Å². The van der Waals surface area contributed by atoms with E-state index in [1.54, 1.807) is 0 Å². The molecule has 0 spiro atoms. The molecular weight excluding hydrogens is 264 g/mol. The van der Waals surface area contributed by atoms with E-state index in [2.05, 4.69) is 15.2 Å². The lowest BCUT2D eigenvalue weighted by molar-refractivity contribution is -0.808.